The van der Waals surface area contributed by atoms with Crippen molar-refractivity contribution in [3.05, 3.63) is 66.7 Å². The molecule has 4 rings (SSSR count). The fourth-order valence-corrected chi connectivity index (χ4v) is 3.01. The van der Waals surface area contributed by atoms with Crippen LogP contribution in [0.15, 0.2) is 66.7 Å². The summed E-state index contributed by atoms with van der Waals surface area (Å²) < 4.78 is 5.58. The zero-order valence-corrected chi connectivity index (χ0v) is 11.3. The molecular formula is C19H14O. The SMILES string of the molecule is COc1cccc2ccc3ccc4ccccc4c3c12. The molecule has 0 amide bonds. The van der Waals surface area contributed by atoms with E-state index in [-0.39, 0.29) is 0 Å². The first kappa shape index (κ1) is 11.3. The third-order valence-electron chi connectivity index (χ3n) is 3.93. The molecule has 0 aliphatic heterocycles. The molecule has 96 valence electrons. The summed E-state index contributed by atoms with van der Waals surface area (Å²) in [6, 6.07) is 23.4. The van der Waals surface area contributed by atoms with E-state index in [9.17, 15) is 0 Å². The summed E-state index contributed by atoms with van der Waals surface area (Å²) in [5.74, 6) is 0.935. The van der Waals surface area contributed by atoms with Crippen molar-refractivity contribution in [3.8, 4) is 5.75 Å². The number of methoxy groups -OCH3 is 1. The van der Waals surface area contributed by atoms with Crippen LogP contribution in [0.2, 0.25) is 0 Å². The zero-order chi connectivity index (χ0) is 13.5. The van der Waals surface area contributed by atoms with Gasteiger partial charge in [-0.1, -0.05) is 60.7 Å². The van der Waals surface area contributed by atoms with Gasteiger partial charge in [0.15, 0.2) is 0 Å². The molecule has 0 heterocycles. The van der Waals surface area contributed by atoms with E-state index in [2.05, 4.69) is 54.6 Å². The van der Waals surface area contributed by atoms with Gasteiger partial charge in [0.2, 0.25) is 0 Å². The van der Waals surface area contributed by atoms with Gasteiger partial charge >= 0.3 is 0 Å². The van der Waals surface area contributed by atoms with E-state index in [1.165, 1.54) is 32.3 Å². The van der Waals surface area contributed by atoms with Gasteiger partial charge < -0.3 is 4.74 Å². The van der Waals surface area contributed by atoms with E-state index >= 15 is 0 Å². The van der Waals surface area contributed by atoms with Crippen LogP contribution < -0.4 is 4.74 Å². The van der Waals surface area contributed by atoms with Crippen molar-refractivity contribution in [3.63, 3.8) is 0 Å². The fraction of sp³-hybridized carbons (Fsp3) is 0.0526. The molecule has 0 fully saturated rings. The van der Waals surface area contributed by atoms with Crippen LogP contribution in [-0.2, 0) is 0 Å². The quantitative estimate of drug-likeness (QED) is 0.429. The smallest absolute Gasteiger partial charge is 0.127 e. The van der Waals surface area contributed by atoms with Gasteiger partial charge in [0, 0.05) is 10.8 Å². The van der Waals surface area contributed by atoms with Gasteiger partial charge in [0.05, 0.1) is 7.11 Å². The second kappa shape index (κ2) is 4.24. The van der Waals surface area contributed by atoms with E-state index in [0.717, 1.165) is 5.75 Å². The van der Waals surface area contributed by atoms with Crippen molar-refractivity contribution in [1.82, 2.24) is 0 Å². The lowest BCUT2D eigenvalue weighted by Gasteiger charge is -2.11. The second-order valence-electron chi connectivity index (χ2n) is 5.01. The molecule has 4 aromatic carbocycles. The average molecular weight is 258 g/mol. The second-order valence-corrected chi connectivity index (χ2v) is 5.01. The molecule has 0 aliphatic carbocycles. The van der Waals surface area contributed by atoms with E-state index < -0.39 is 0 Å². The molecule has 0 unspecified atom stereocenters. The summed E-state index contributed by atoms with van der Waals surface area (Å²) in [4.78, 5) is 0. The molecule has 0 N–H and O–H groups in total. The van der Waals surface area contributed by atoms with Crippen molar-refractivity contribution < 1.29 is 4.74 Å². The van der Waals surface area contributed by atoms with Gasteiger partial charge in [-0.2, -0.15) is 0 Å². The van der Waals surface area contributed by atoms with Crippen LogP contribution in [-0.4, -0.2) is 7.11 Å². The molecule has 20 heavy (non-hydrogen) atoms. The number of fused-ring (bicyclic) bond motifs is 5. The highest BCUT2D eigenvalue weighted by Crippen LogP contribution is 2.36. The van der Waals surface area contributed by atoms with Crippen molar-refractivity contribution in [2.75, 3.05) is 7.11 Å². The highest BCUT2D eigenvalue weighted by molar-refractivity contribution is 6.21. The molecule has 0 spiro atoms. The summed E-state index contributed by atoms with van der Waals surface area (Å²) in [6.07, 6.45) is 0. The summed E-state index contributed by atoms with van der Waals surface area (Å²) in [7, 11) is 1.73. The van der Waals surface area contributed by atoms with E-state index in [1.54, 1.807) is 7.11 Å². The minimum atomic E-state index is 0.935. The Bertz CT molecular complexity index is 933. The molecule has 0 atom stereocenters. The molecule has 0 saturated carbocycles. The number of hydrogen-bond donors (Lipinski definition) is 0. The summed E-state index contributed by atoms with van der Waals surface area (Å²) in [5, 5.41) is 7.48. The molecule has 0 aliphatic rings. The maximum atomic E-state index is 5.58. The Morgan fingerprint density at radius 2 is 1.25 bits per heavy atom. The summed E-state index contributed by atoms with van der Waals surface area (Å²) >= 11 is 0. The Kier molecular flexibility index (Phi) is 2.40. The molecule has 0 aromatic heterocycles. The first-order chi connectivity index (χ1) is 9.88. The number of ether oxygens (including phenoxy) is 1. The number of rotatable bonds is 1. The topological polar surface area (TPSA) is 9.23 Å². The van der Waals surface area contributed by atoms with Crippen molar-refractivity contribution in [2.24, 2.45) is 0 Å². The average Bonchev–Trinajstić information content (AvgIpc) is 2.53. The fourth-order valence-electron chi connectivity index (χ4n) is 3.01. The normalized spacial score (nSPS) is 11.2. The van der Waals surface area contributed by atoms with Gasteiger partial charge in [-0.25, -0.2) is 0 Å². The standard InChI is InChI=1S/C19H14O/c1-20-17-8-4-6-14-11-12-15-10-9-13-5-2-3-7-16(13)18(15)19(14)17/h2-12H,1H3. The molecule has 0 radical (unpaired) electrons. The molecule has 0 bridgehead atoms. The molecule has 0 saturated heterocycles. The highest BCUT2D eigenvalue weighted by atomic mass is 16.5. The van der Waals surface area contributed by atoms with Gasteiger partial charge in [-0.15, -0.1) is 0 Å². The van der Waals surface area contributed by atoms with Crippen LogP contribution >= 0.6 is 0 Å². The lowest BCUT2D eigenvalue weighted by molar-refractivity contribution is 0.420. The van der Waals surface area contributed by atoms with Crippen LogP contribution in [0, 0.1) is 0 Å². The largest absolute Gasteiger partial charge is 0.496 e. The van der Waals surface area contributed by atoms with Crippen molar-refractivity contribution >= 4 is 32.3 Å². The molecule has 1 nitrogen and oxygen atoms in total. The molecule has 4 aromatic rings. The number of hydrogen-bond acceptors (Lipinski definition) is 1. The Hall–Kier alpha value is -2.54. The zero-order valence-electron chi connectivity index (χ0n) is 11.3. The predicted octanol–water partition coefficient (Wildman–Crippen LogP) is 5.15. The van der Waals surface area contributed by atoms with E-state index in [0.29, 0.717) is 0 Å². The van der Waals surface area contributed by atoms with Crippen molar-refractivity contribution in [1.29, 1.82) is 0 Å². The maximum absolute atomic E-state index is 5.58. The first-order valence-electron chi connectivity index (χ1n) is 6.76. The Morgan fingerprint density at radius 3 is 2.05 bits per heavy atom. The Morgan fingerprint density at radius 1 is 0.600 bits per heavy atom. The third-order valence-corrected chi connectivity index (χ3v) is 3.93. The van der Waals surface area contributed by atoms with Crippen LogP contribution in [0.3, 0.4) is 0 Å². The van der Waals surface area contributed by atoms with Crippen LogP contribution in [0.1, 0.15) is 0 Å². The van der Waals surface area contributed by atoms with Gasteiger partial charge in [-0.05, 0) is 27.6 Å². The third kappa shape index (κ3) is 1.50. The predicted molar refractivity (Wildman–Crippen MR) is 85.5 cm³/mol. The Balaban J connectivity index is 2.36. The minimum Gasteiger partial charge on any atom is -0.496 e. The summed E-state index contributed by atoms with van der Waals surface area (Å²) in [5.41, 5.74) is 0. The lowest BCUT2D eigenvalue weighted by atomic mass is 9.96. The van der Waals surface area contributed by atoms with E-state index in [1.807, 2.05) is 12.1 Å². The van der Waals surface area contributed by atoms with Crippen LogP contribution in [0.4, 0.5) is 0 Å². The first-order valence-corrected chi connectivity index (χ1v) is 6.76. The van der Waals surface area contributed by atoms with Gasteiger partial charge in [0.1, 0.15) is 5.75 Å². The maximum Gasteiger partial charge on any atom is 0.127 e. The van der Waals surface area contributed by atoms with Gasteiger partial charge in [0.25, 0.3) is 0 Å². The summed E-state index contributed by atoms with van der Waals surface area (Å²) in [6.45, 7) is 0. The molecule has 1 heteroatoms. The van der Waals surface area contributed by atoms with Crippen LogP contribution in [0.5, 0.6) is 5.75 Å². The Labute approximate surface area is 117 Å². The van der Waals surface area contributed by atoms with Crippen LogP contribution in [0.25, 0.3) is 32.3 Å². The molecular weight excluding hydrogens is 244 g/mol. The van der Waals surface area contributed by atoms with E-state index in [4.69, 9.17) is 4.74 Å². The lowest BCUT2D eigenvalue weighted by Crippen LogP contribution is -1.87. The number of benzene rings is 4. The van der Waals surface area contributed by atoms with Gasteiger partial charge in [-0.3, -0.25) is 0 Å². The monoisotopic (exact) mass is 258 g/mol. The minimum absolute atomic E-state index is 0.935. The highest BCUT2D eigenvalue weighted by Gasteiger charge is 2.08. The van der Waals surface area contributed by atoms with Crippen molar-refractivity contribution in [2.45, 2.75) is 0 Å².